The van der Waals surface area contributed by atoms with Crippen molar-refractivity contribution in [3.8, 4) is 22.4 Å². The zero-order valence-corrected chi connectivity index (χ0v) is 23.4. The van der Waals surface area contributed by atoms with Crippen LogP contribution in [0, 0.1) is 6.92 Å². The zero-order chi connectivity index (χ0) is 27.3. The van der Waals surface area contributed by atoms with Crippen LogP contribution in [0.2, 0.25) is 0 Å². The van der Waals surface area contributed by atoms with Crippen molar-refractivity contribution < 1.29 is 5.11 Å². The lowest BCUT2D eigenvalue weighted by Crippen LogP contribution is -2.46. The van der Waals surface area contributed by atoms with E-state index < -0.39 is 6.10 Å². The molecule has 1 N–H and O–H groups in total. The lowest BCUT2D eigenvalue weighted by atomic mass is 9.97. The molecule has 0 spiro atoms. The van der Waals surface area contributed by atoms with E-state index >= 15 is 0 Å². The summed E-state index contributed by atoms with van der Waals surface area (Å²) in [5.74, 6) is 0. The van der Waals surface area contributed by atoms with Gasteiger partial charge in [-0.25, -0.2) is 0 Å². The minimum absolute atomic E-state index is 0.426. The first-order valence-electron chi connectivity index (χ1n) is 14.6. The molecule has 2 heterocycles. The summed E-state index contributed by atoms with van der Waals surface area (Å²) in [4.78, 5) is 5.04. The monoisotopic (exact) mass is 529 g/mol. The molecule has 1 aromatic heterocycles. The van der Waals surface area contributed by atoms with Crippen LogP contribution < -0.4 is 0 Å². The topological polar surface area (TPSA) is 31.6 Å². The molecule has 1 saturated heterocycles. The van der Waals surface area contributed by atoms with Crippen molar-refractivity contribution in [3.05, 3.63) is 120 Å². The fraction of sp³-hybridized carbons (Fsp3) is 0.278. The first kappa shape index (κ1) is 26.5. The Hall–Kier alpha value is -3.70. The lowest BCUT2D eigenvalue weighted by Gasteiger charge is -2.35. The Labute approximate surface area is 238 Å². The van der Waals surface area contributed by atoms with Gasteiger partial charge in [-0.05, 0) is 42.2 Å². The summed E-state index contributed by atoms with van der Waals surface area (Å²) in [6, 6.07) is 38.8. The van der Waals surface area contributed by atoms with Crippen LogP contribution in [0.25, 0.3) is 33.3 Å². The molecule has 204 valence electrons. The number of aromatic nitrogens is 1. The second kappa shape index (κ2) is 12.2. The van der Waals surface area contributed by atoms with E-state index in [1.807, 2.05) is 0 Å². The molecule has 0 saturated carbocycles. The third-order valence-corrected chi connectivity index (χ3v) is 8.21. The summed E-state index contributed by atoms with van der Waals surface area (Å²) in [6.07, 6.45) is 0.337. The standard InChI is InChI=1S/C36H39N3O/c1-28-17-18-34-33(25-28)35(30-13-7-3-8-14-30)36(31-15-9-4-10-16-31)39(34)27-32(40)19-20-37-21-23-38(24-22-37)26-29-11-5-2-6-12-29/h2-18,25,32,40H,19-24,26-27H2,1H3. The van der Waals surface area contributed by atoms with E-state index in [2.05, 4.69) is 130 Å². The first-order valence-corrected chi connectivity index (χ1v) is 14.6. The Morgan fingerprint density at radius 1 is 0.700 bits per heavy atom. The van der Waals surface area contributed by atoms with E-state index in [4.69, 9.17) is 0 Å². The van der Waals surface area contributed by atoms with E-state index in [1.165, 1.54) is 44.4 Å². The minimum Gasteiger partial charge on any atom is -0.391 e. The molecule has 6 rings (SSSR count). The molecule has 0 bridgehead atoms. The highest BCUT2D eigenvalue weighted by Gasteiger charge is 2.23. The predicted molar refractivity (Wildman–Crippen MR) is 166 cm³/mol. The van der Waals surface area contributed by atoms with Crippen LogP contribution in [-0.2, 0) is 13.1 Å². The van der Waals surface area contributed by atoms with Gasteiger partial charge in [0.2, 0.25) is 0 Å². The highest BCUT2D eigenvalue weighted by atomic mass is 16.3. The number of nitrogens with zero attached hydrogens (tertiary/aromatic N) is 3. The van der Waals surface area contributed by atoms with Crippen molar-refractivity contribution in [1.29, 1.82) is 0 Å². The molecule has 5 aromatic rings. The van der Waals surface area contributed by atoms with Crippen molar-refractivity contribution in [2.24, 2.45) is 0 Å². The molecule has 1 unspecified atom stereocenters. The highest BCUT2D eigenvalue weighted by Crippen LogP contribution is 2.41. The molecule has 0 amide bonds. The van der Waals surface area contributed by atoms with Crippen LogP contribution in [0.3, 0.4) is 0 Å². The quantitative estimate of drug-likeness (QED) is 0.227. The molecule has 4 nitrogen and oxygen atoms in total. The summed E-state index contributed by atoms with van der Waals surface area (Å²) in [5.41, 5.74) is 8.61. The summed E-state index contributed by atoms with van der Waals surface area (Å²) in [6.45, 7) is 8.93. The molecular weight excluding hydrogens is 490 g/mol. The fourth-order valence-corrected chi connectivity index (χ4v) is 6.10. The average Bonchev–Trinajstić information content (AvgIpc) is 3.31. The molecular formula is C36H39N3O. The number of fused-ring (bicyclic) bond motifs is 1. The summed E-state index contributed by atoms with van der Waals surface area (Å²) >= 11 is 0. The van der Waals surface area contributed by atoms with Crippen LogP contribution in [0.4, 0.5) is 0 Å². The maximum absolute atomic E-state index is 11.4. The van der Waals surface area contributed by atoms with Crippen LogP contribution in [0.15, 0.2) is 109 Å². The summed E-state index contributed by atoms with van der Waals surface area (Å²) < 4.78 is 2.36. The first-order chi connectivity index (χ1) is 19.7. The van der Waals surface area contributed by atoms with E-state index in [0.717, 1.165) is 45.7 Å². The molecule has 40 heavy (non-hydrogen) atoms. The van der Waals surface area contributed by atoms with E-state index in [-0.39, 0.29) is 0 Å². The maximum Gasteiger partial charge on any atom is 0.0731 e. The number of aliphatic hydroxyl groups excluding tert-OH is 1. The maximum atomic E-state index is 11.4. The Morgan fingerprint density at radius 2 is 1.30 bits per heavy atom. The van der Waals surface area contributed by atoms with Crippen LogP contribution in [0.5, 0.6) is 0 Å². The zero-order valence-electron chi connectivity index (χ0n) is 23.4. The molecule has 4 heteroatoms. The number of hydrogen-bond acceptors (Lipinski definition) is 3. The second-order valence-electron chi connectivity index (χ2n) is 11.1. The molecule has 1 atom stereocenters. The van der Waals surface area contributed by atoms with Gasteiger partial charge in [-0.15, -0.1) is 0 Å². The van der Waals surface area contributed by atoms with Crippen molar-refractivity contribution in [2.45, 2.75) is 32.5 Å². The van der Waals surface area contributed by atoms with Gasteiger partial charge in [-0.3, -0.25) is 4.90 Å². The Bertz CT molecular complexity index is 1520. The van der Waals surface area contributed by atoms with E-state index in [9.17, 15) is 5.11 Å². The van der Waals surface area contributed by atoms with Crippen LogP contribution in [0.1, 0.15) is 17.5 Å². The fourth-order valence-electron chi connectivity index (χ4n) is 6.10. The van der Waals surface area contributed by atoms with Crippen molar-refractivity contribution in [3.63, 3.8) is 0 Å². The van der Waals surface area contributed by atoms with Gasteiger partial charge in [0.1, 0.15) is 0 Å². The van der Waals surface area contributed by atoms with E-state index in [0.29, 0.717) is 6.54 Å². The Kier molecular flexibility index (Phi) is 8.10. The van der Waals surface area contributed by atoms with Gasteiger partial charge in [-0.1, -0.05) is 103 Å². The summed E-state index contributed by atoms with van der Waals surface area (Å²) in [5, 5.41) is 12.6. The SMILES string of the molecule is Cc1ccc2c(c1)c(-c1ccccc1)c(-c1ccccc1)n2CC(O)CCN1CCN(Cc2ccccc2)CC1. The number of aryl methyl sites for hydroxylation is 1. The molecule has 1 fully saturated rings. The largest absolute Gasteiger partial charge is 0.391 e. The van der Waals surface area contributed by atoms with Crippen LogP contribution in [-0.4, -0.2) is 58.3 Å². The average molecular weight is 530 g/mol. The second-order valence-corrected chi connectivity index (χ2v) is 11.1. The number of rotatable bonds is 9. The number of benzene rings is 4. The predicted octanol–water partition coefficient (Wildman–Crippen LogP) is 6.85. The van der Waals surface area contributed by atoms with Crippen molar-refractivity contribution in [1.82, 2.24) is 14.4 Å². The lowest BCUT2D eigenvalue weighted by molar-refractivity contribution is 0.0931. The smallest absolute Gasteiger partial charge is 0.0731 e. The summed E-state index contributed by atoms with van der Waals surface area (Å²) in [7, 11) is 0. The number of piperazine rings is 1. The third-order valence-electron chi connectivity index (χ3n) is 8.21. The molecule has 0 radical (unpaired) electrons. The van der Waals surface area contributed by atoms with Gasteiger partial charge in [0.25, 0.3) is 0 Å². The molecule has 4 aromatic carbocycles. The highest BCUT2D eigenvalue weighted by molar-refractivity contribution is 6.04. The normalized spacial score (nSPS) is 15.4. The van der Waals surface area contributed by atoms with Gasteiger partial charge in [0.15, 0.2) is 0 Å². The van der Waals surface area contributed by atoms with Gasteiger partial charge in [-0.2, -0.15) is 0 Å². The van der Waals surface area contributed by atoms with Crippen molar-refractivity contribution in [2.75, 3.05) is 32.7 Å². The van der Waals surface area contributed by atoms with Crippen molar-refractivity contribution >= 4 is 10.9 Å². The minimum atomic E-state index is -0.426. The Balaban J connectivity index is 1.21. The molecule has 0 aliphatic carbocycles. The molecule has 1 aliphatic rings. The number of aliphatic hydroxyl groups is 1. The van der Waals surface area contributed by atoms with Gasteiger partial charge >= 0.3 is 0 Å². The number of hydrogen-bond donors (Lipinski definition) is 1. The third kappa shape index (κ3) is 5.90. The Morgan fingerprint density at radius 3 is 1.98 bits per heavy atom. The molecule has 1 aliphatic heterocycles. The van der Waals surface area contributed by atoms with Crippen LogP contribution >= 0.6 is 0 Å². The van der Waals surface area contributed by atoms with Gasteiger partial charge in [0.05, 0.1) is 11.8 Å². The van der Waals surface area contributed by atoms with Gasteiger partial charge < -0.3 is 14.6 Å². The van der Waals surface area contributed by atoms with E-state index in [1.54, 1.807) is 0 Å². The van der Waals surface area contributed by atoms with Gasteiger partial charge in [0, 0.05) is 62.3 Å².